The molecular formula is C23H27FN2O3. The van der Waals surface area contributed by atoms with Crippen LogP contribution in [0.4, 0.5) is 4.39 Å². The molecule has 0 unspecified atom stereocenters. The van der Waals surface area contributed by atoms with Gasteiger partial charge in [-0.15, -0.1) is 0 Å². The molecule has 0 aromatic heterocycles. The van der Waals surface area contributed by atoms with Gasteiger partial charge in [0.2, 0.25) is 5.91 Å². The summed E-state index contributed by atoms with van der Waals surface area (Å²) in [7, 11) is 1.37. The summed E-state index contributed by atoms with van der Waals surface area (Å²) < 4.78 is 18.5. The predicted molar refractivity (Wildman–Crippen MR) is 109 cm³/mol. The Hall–Kier alpha value is -2.73. The van der Waals surface area contributed by atoms with Crippen LogP contribution in [0, 0.1) is 5.82 Å². The number of carbonyl (C=O) groups is 2. The highest BCUT2D eigenvalue weighted by atomic mass is 19.1. The van der Waals surface area contributed by atoms with E-state index in [1.165, 1.54) is 13.2 Å². The molecule has 2 aromatic carbocycles. The zero-order valence-corrected chi connectivity index (χ0v) is 16.7. The quantitative estimate of drug-likeness (QED) is 0.520. The second-order valence-electron chi connectivity index (χ2n) is 7.27. The van der Waals surface area contributed by atoms with Gasteiger partial charge in [0.15, 0.2) is 0 Å². The minimum absolute atomic E-state index is 0.157. The van der Waals surface area contributed by atoms with Gasteiger partial charge in [0.25, 0.3) is 0 Å². The summed E-state index contributed by atoms with van der Waals surface area (Å²) in [6.45, 7) is 2.03. The van der Waals surface area contributed by atoms with Crippen LogP contribution in [-0.4, -0.2) is 43.0 Å². The summed E-state index contributed by atoms with van der Waals surface area (Å²) in [6.07, 6.45) is 2.82. The normalized spacial score (nSPS) is 16.3. The van der Waals surface area contributed by atoms with Gasteiger partial charge >= 0.3 is 5.97 Å². The maximum atomic E-state index is 13.8. The molecule has 1 heterocycles. The molecule has 0 spiro atoms. The van der Waals surface area contributed by atoms with E-state index in [-0.39, 0.29) is 23.7 Å². The lowest BCUT2D eigenvalue weighted by Gasteiger charge is -2.25. The number of likely N-dealkylation sites (tertiary alicyclic amines) is 1. The third-order valence-electron chi connectivity index (χ3n) is 5.39. The Bertz CT molecular complexity index is 838. The van der Waals surface area contributed by atoms with Gasteiger partial charge in [-0.3, -0.25) is 4.79 Å². The number of halogens is 1. The zero-order valence-electron chi connectivity index (χ0n) is 16.7. The van der Waals surface area contributed by atoms with Gasteiger partial charge in [0.05, 0.1) is 12.7 Å². The molecule has 6 heteroatoms. The summed E-state index contributed by atoms with van der Waals surface area (Å²) in [5.74, 6) is -0.397. The topological polar surface area (TPSA) is 58.6 Å². The van der Waals surface area contributed by atoms with Gasteiger partial charge < -0.3 is 15.0 Å². The van der Waals surface area contributed by atoms with Crippen LogP contribution < -0.4 is 5.32 Å². The van der Waals surface area contributed by atoms with Gasteiger partial charge in [-0.25, -0.2) is 9.18 Å². The maximum Gasteiger partial charge on any atom is 0.337 e. The molecule has 0 bridgehead atoms. The molecule has 29 heavy (non-hydrogen) atoms. The third-order valence-corrected chi connectivity index (χ3v) is 5.39. The summed E-state index contributed by atoms with van der Waals surface area (Å²) in [5.41, 5.74) is 2.27. The van der Waals surface area contributed by atoms with Crippen molar-refractivity contribution >= 4 is 11.9 Å². The number of nitrogens with one attached hydrogen (secondary N) is 1. The average molecular weight is 398 g/mol. The van der Waals surface area contributed by atoms with Crippen LogP contribution in [0.1, 0.15) is 40.7 Å². The van der Waals surface area contributed by atoms with Gasteiger partial charge in [0.1, 0.15) is 5.82 Å². The number of hydrogen-bond donors (Lipinski definition) is 1. The molecule has 1 atom stereocenters. The van der Waals surface area contributed by atoms with E-state index in [2.05, 4.69) is 5.32 Å². The lowest BCUT2D eigenvalue weighted by Crippen LogP contribution is -2.36. The SMILES string of the molecule is COC(=O)c1ccc(CNCC[C@H]2CCC(=O)N2CCc2ccccc2F)cc1. The average Bonchev–Trinajstić information content (AvgIpc) is 3.10. The molecule has 2 aromatic rings. The monoisotopic (exact) mass is 398 g/mol. The zero-order chi connectivity index (χ0) is 20.6. The molecule has 1 aliphatic heterocycles. The highest BCUT2D eigenvalue weighted by Gasteiger charge is 2.30. The Morgan fingerprint density at radius 3 is 2.69 bits per heavy atom. The van der Waals surface area contributed by atoms with Gasteiger partial charge in [-0.05, 0) is 55.1 Å². The first-order valence-electron chi connectivity index (χ1n) is 9.99. The smallest absolute Gasteiger partial charge is 0.337 e. The maximum absolute atomic E-state index is 13.8. The van der Waals surface area contributed by atoms with Crippen LogP contribution in [0.2, 0.25) is 0 Å². The molecule has 3 rings (SSSR count). The van der Waals surface area contributed by atoms with E-state index in [1.54, 1.807) is 24.3 Å². The fraction of sp³-hybridized carbons (Fsp3) is 0.391. The van der Waals surface area contributed by atoms with Gasteiger partial charge in [0, 0.05) is 25.6 Å². The fourth-order valence-corrected chi connectivity index (χ4v) is 3.72. The van der Waals surface area contributed by atoms with Crippen LogP contribution >= 0.6 is 0 Å². The van der Waals surface area contributed by atoms with Crippen molar-refractivity contribution in [2.45, 2.75) is 38.3 Å². The summed E-state index contributed by atoms with van der Waals surface area (Å²) >= 11 is 0. The molecule has 1 amide bonds. The van der Waals surface area contributed by atoms with Crippen molar-refractivity contribution in [1.82, 2.24) is 10.2 Å². The highest BCUT2D eigenvalue weighted by Crippen LogP contribution is 2.22. The largest absolute Gasteiger partial charge is 0.465 e. The molecule has 0 radical (unpaired) electrons. The number of methoxy groups -OCH3 is 1. The van der Waals surface area contributed by atoms with Crippen LogP contribution in [-0.2, 0) is 22.5 Å². The highest BCUT2D eigenvalue weighted by molar-refractivity contribution is 5.89. The number of amides is 1. The Morgan fingerprint density at radius 2 is 1.97 bits per heavy atom. The Labute approximate surface area is 170 Å². The van der Waals surface area contributed by atoms with Crippen molar-refractivity contribution < 1.29 is 18.7 Å². The Balaban J connectivity index is 1.44. The van der Waals surface area contributed by atoms with E-state index >= 15 is 0 Å². The number of benzene rings is 2. The van der Waals surface area contributed by atoms with E-state index < -0.39 is 0 Å². The van der Waals surface area contributed by atoms with E-state index in [0.717, 1.165) is 24.9 Å². The van der Waals surface area contributed by atoms with Crippen LogP contribution in [0.3, 0.4) is 0 Å². The van der Waals surface area contributed by atoms with Crippen LogP contribution in [0.15, 0.2) is 48.5 Å². The Kier molecular flexibility index (Phi) is 7.36. The van der Waals surface area contributed by atoms with E-state index in [0.29, 0.717) is 37.1 Å². The first-order chi connectivity index (χ1) is 14.1. The number of hydrogen-bond acceptors (Lipinski definition) is 4. The van der Waals surface area contributed by atoms with Crippen molar-refractivity contribution in [2.24, 2.45) is 0 Å². The number of nitrogens with zero attached hydrogens (tertiary/aromatic N) is 1. The van der Waals surface area contributed by atoms with Crippen LogP contribution in [0.5, 0.6) is 0 Å². The first kappa shape index (κ1) is 21.0. The lowest BCUT2D eigenvalue weighted by molar-refractivity contribution is -0.129. The molecule has 1 N–H and O–H groups in total. The minimum Gasteiger partial charge on any atom is -0.465 e. The van der Waals surface area contributed by atoms with Crippen molar-refractivity contribution in [3.63, 3.8) is 0 Å². The second kappa shape index (κ2) is 10.2. The number of esters is 1. The molecule has 1 aliphatic rings. The lowest BCUT2D eigenvalue weighted by atomic mass is 10.1. The van der Waals surface area contributed by atoms with Crippen molar-refractivity contribution in [3.05, 3.63) is 71.0 Å². The Morgan fingerprint density at radius 1 is 1.21 bits per heavy atom. The molecule has 154 valence electrons. The molecule has 5 nitrogen and oxygen atoms in total. The minimum atomic E-state index is -0.342. The number of carbonyl (C=O) groups excluding carboxylic acids is 2. The summed E-state index contributed by atoms with van der Waals surface area (Å²) in [5, 5.41) is 3.40. The van der Waals surface area contributed by atoms with Gasteiger partial charge in [-0.1, -0.05) is 30.3 Å². The number of rotatable bonds is 9. The molecule has 0 aliphatic carbocycles. The molecule has 0 saturated carbocycles. The van der Waals surface area contributed by atoms with Crippen molar-refractivity contribution in [3.8, 4) is 0 Å². The summed E-state index contributed by atoms with van der Waals surface area (Å²) in [4.78, 5) is 25.6. The second-order valence-corrected chi connectivity index (χ2v) is 7.27. The van der Waals surface area contributed by atoms with Crippen molar-refractivity contribution in [1.29, 1.82) is 0 Å². The van der Waals surface area contributed by atoms with Crippen LogP contribution in [0.25, 0.3) is 0 Å². The van der Waals surface area contributed by atoms with E-state index in [9.17, 15) is 14.0 Å². The first-order valence-corrected chi connectivity index (χ1v) is 9.99. The third kappa shape index (κ3) is 5.64. The molecule has 1 saturated heterocycles. The number of ether oxygens (including phenoxy) is 1. The van der Waals surface area contributed by atoms with E-state index in [4.69, 9.17) is 4.74 Å². The molecule has 1 fully saturated rings. The fourth-order valence-electron chi connectivity index (χ4n) is 3.72. The standard InChI is InChI=1S/C23H27FN2O3/c1-29-23(28)19-8-6-17(7-9-19)16-25-14-12-20-10-11-22(27)26(20)15-13-18-4-2-3-5-21(18)24/h2-9,20,25H,10-16H2,1H3/t20-/m1/s1. The van der Waals surface area contributed by atoms with Gasteiger partial charge in [-0.2, -0.15) is 0 Å². The van der Waals surface area contributed by atoms with E-state index in [1.807, 2.05) is 23.1 Å². The predicted octanol–water partition coefficient (Wildman–Crippen LogP) is 3.33. The summed E-state index contributed by atoms with van der Waals surface area (Å²) in [6, 6.07) is 14.2. The van der Waals surface area contributed by atoms with Crippen molar-refractivity contribution in [2.75, 3.05) is 20.2 Å². The molecular weight excluding hydrogens is 371 g/mol.